The fraction of sp³-hybridized carbons (Fsp3) is 0.500. The molecule has 1 aromatic carbocycles. The number of unbranched alkanes of at least 4 members (excludes halogenated alkanes) is 1. The summed E-state index contributed by atoms with van der Waals surface area (Å²) in [5.74, 6) is 0. The normalized spacial score (nSPS) is 8.85. The van der Waals surface area contributed by atoms with Crippen LogP contribution in [-0.2, 0) is 4.74 Å². The third-order valence-corrected chi connectivity index (χ3v) is 1.64. The lowest BCUT2D eigenvalue weighted by Gasteiger charge is -1.89. The Morgan fingerprint density at radius 3 is 2.00 bits per heavy atom. The van der Waals surface area contributed by atoms with Crippen LogP contribution in [0.1, 0.15) is 25.3 Å². The summed E-state index contributed by atoms with van der Waals surface area (Å²) in [4.78, 5) is 0. The zero-order valence-corrected chi connectivity index (χ0v) is 8.92. The first kappa shape index (κ1) is 12.2. The molecule has 1 heteroatoms. The quantitative estimate of drug-likeness (QED) is 0.647. The summed E-state index contributed by atoms with van der Waals surface area (Å²) in [6, 6.07) is 10.3. The van der Waals surface area contributed by atoms with Crippen molar-refractivity contribution in [1.82, 2.24) is 0 Å². The molecule has 0 bridgehead atoms. The van der Waals surface area contributed by atoms with E-state index in [1.807, 2.05) is 18.2 Å². The molecule has 74 valence electrons. The van der Waals surface area contributed by atoms with Crippen molar-refractivity contribution in [2.45, 2.75) is 26.7 Å². The Labute approximate surface area is 81.7 Å². The molecule has 0 aliphatic heterocycles. The smallest absolute Gasteiger partial charge is 0.0462 e. The number of benzene rings is 1. The van der Waals surface area contributed by atoms with Crippen molar-refractivity contribution in [1.29, 1.82) is 0 Å². The highest BCUT2D eigenvalue weighted by molar-refractivity contribution is 5.11. The molecule has 13 heavy (non-hydrogen) atoms. The molecule has 0 radical (unpaired) electrons. The van der Waals surface area contributed by atoms with Crippen LogP contribution in [0.2, 0.25) is 0 Å². The molecule has 0 saturated heterocycles. The van der Waals surface area contributed by atoms with Gasteiger partial charge in [0.05, 0.1) is 0 Å². The molecule has 1 nitrogen and oxygen atoms in total. The molecule has 0 fully saturated rings. The van der Waals surface area contributed by atoms with Crippen molar-refractivity contribution in [3.63, 3.8) is 0 Å². The van der Waals surface area contributed by atoms with Gasteiger partial charge in [0.25, 0.3) is 0 Å². The highest BCUT2D eigenvalue weighted by Crippen LogP contribution is 1.92. The maximum atomic E-state index is 4.78. The topological polar surface area (TPSA) is 9.23 Å². The van der Waals surface area contributed by atoms with Gasteiger partial charge in [-0.1, -0.05) is 49.2 Å². The Hall–Kier alpha value is -0.820. The van der Waals surface area contributed by atoms with E-state index in [4.69, 9.17) is 4.74 Å². The summed E-state index contributed by atoms with van der Waals surface area (Å²) in [7, 11) is 1.73. The minimum Gasteiger partial charge on any atom is -0.385 e. The van der Waals surface area contributed by atoms with E-state index in [9.17, 15) is 0 Å². The summed E-state index contributed by atoms with van der Waals surface area (Å²) in [5.41, 5.74) is 1.32. The molecule has 0 heterocycles. The first-order valence-electron chi connectivity index (χ1n) is 4.81. The molecule has 0 aliphatic carbocycles. The maximum absolute atomic E-state index is 4.78. The SMILES string of the molecule is CCCCOC.Cc1ccccc1. The maximum Gasteiger partial charge on any atom is 0.0462 e. The van der Waals surface area contributed by atoms with Gasteiger partial charge in [-0.3, -0.25) is 0 Å². The van der Waals surface area contributed by atoms with Gasteiger partial charge in [0, 0.05) is 13.7 Å². The molecule has 0 unspecified atom stereocenters. The van der Waals surface area contributed by atoms with Crippen molar-refractivity contribution in [3.05, 3.63) is 35.9 Å². The van der Waals surface area contributed by atoms with E-state index in [-0.39, 0.29) is 0 Å². The number of methoxy groups -OCH3 is 1. The summed E-state index contributed by atoms with van der Waals surface area (Å²) in [5, 5.41) is 0. The van der Waals surface area contributed by atoms with Crippen molar-refractivity contribution in [3.8, 4) is 0 Å². The highest BCUT2D eigenvalue weighted by Gasteiger charge is 1.74. The van der Waals surface area contributed by atoms with Gasteiger partial charge in [-0.25, -0.2) is 0 Å². The Morgan fingerprint density at radius 1 is 1.15 bits per heavy atom. The van der Waals surface area contributed by atoms with Gasteiger partial charge in [0.15, 0.2) is 0 Å². The van der Waals surface area contributed by atoms with Gasteiger partial charge >= 0.3 is 0 Å². The van der Waals surface area contributed by atoms with Crippen LogP contribution < -0.4 is 0 Å². The largest absolute Gasteiger partial charge is 0.385 e. The fourth-order valence-corrected chi connectivity index (χ4v) is 0.823. The zero-order chi connectivity index (χ0) is 9.94. The second kappa shape index (κ2) is 9.27. The van der Waals surface area contributed by atoms with E-state index in [1.54, 1.807) is 7.11 Å². The van der Waals surface area contributed by atoms with Gasteiger partial charge in [-0.2, -0.15) is 0 Å². The Bertz CT molecular complexity index is 178. The van der Waals surface area contributed by atoms with Crippen LogP contribution in [0.4, 0.5) is 0 Å². The minimum absolute atomic E-state index is 0.913. The first-order valence-corrected chi connectivity index (χ1v) is 4.81. The molecule has 0 saturated carbocycles. The second-order valence-corrected chi connectivity index (χ2v) is 3.00. The molecular weight excluding hydrogens is 160 g/mol. The third-order valence-electron chi connectivity index (χ3n) is 1.64. The molecule has 1 rings (SSSR count). The molecule has 0 atom stereocenters. The van der Waals surface area contributed by atoms with E-state index < -0.39 is 0 Å². The lowest BCUT2D eigenvalue weighted by Crippen LogP contribution is -1.84. The van der Waals surface area contributed by atoms with Crippen molar-refractivity contribution in [2.75, 3.05) is 13.7 Å². The van der Waals surface area contributed by atoms with Crippen LogP contribution in [0.25, 0.3) is 0 Å². The van der Waals surface area contributed by atoms with E-state index in [0.29, 0.717) is 0 Å². The molecular formula is C12H20O. The van der Waals surface area contributed by atoms with Crippen LogP contribution in [0.3, 0.4) is 0 Å². The lowest BCUT2D eigenvalue weighted by atomic mass is 10.2. The standard InChI is InChI=1S/C7H8.C5H12O/c1-7-5-3-2-4-6-7;1-3-4-5-6-2/h2-6H,1H3;3-5H2,1-2H3. The lowest BCUT2D eigenvalue weighted by molar-refractivity contribution is 0.194. The molecule has 0 aromatic heterocycles. The van der Waals surface area contributed by atoms with Crippen LogP contribution in [-0.4, -0.2) is 13.7 Å². The molecule has 1 aromatic rings. The van der Waals surface area contributed by atoms with E-state index in [1.165, 1.54) is 18.4 Å². The Morgan fingerprint density at radius 2 is 1.77 bits per heavy atom. The predicted octanol–water partition coefficient (Wildman–Crippen LogP) is 3.43. The third kappa shape index (κ3) is 9.09. The number of hydrogen-bond acceptors (Lipinski definition) is 1. The Balaban J connectivity index is 0.000000226. The van der Waals surface area contributed by atoms with Gasteiger partial charge in [-0.15, -0.1) is 0 Å². The van der Waals surface area contributed by atoms with Gasteiger partial charge < -0.3 is 4.74 Å². The van der Waals surface area contributed by atoms with E-state index >= 15 is 0 Å². The first-order chi connectivity index (χ1) is 6.31. The van der Waals surface area contributed by atoms with Gasteiger partial charge in [0.2, 0.25) is 0 Å². The molecule has 0 aliphatic rings. The van der Waals surface area contributed by atoms with Crippen LogP contribution in [0, 0.1) is 6.92 Å². The highest BCUT2D eigenvalue weighted by atomic mass is 16.5. The molecule has 0 amide bonds. The predicted molar refractivity (Wildman–Crippen MR) is 58.0 cm³/mol. The van der Waals surface area contributed by atoms with Crippen LogP contribution in [0.15, 0.2) is 30.3 Å². The number of rotatable bonds is 3. The second-order valence-electron chi connectivity index (χ2n) is 3.00. The average Bonchev–Trinajstić information content (AvgIpc) is 2.17. The monoisotopic (exact) mass is 180 g/mol. The zero-order valence-electron chi connectivity index (χ0n) is 8.92. The van der Waals surface area contributed by atoms with Gasteiger partial charge in [0.1, 0.15) is 0 Å². The van der Waals surface area contributed by atoms with Crippen molar-refractivity contribution >= 4 is 0 Å². The Kier molecular flexibility index (Phi) is 8.68. The summed E-state index contributed by atoms with van der Waals surface area (Å²) in [6.45, 7) is 5.15. The summed E-state index contributed by atoms with van der Waals surface area (Å²) >= 11 is 0. The molecule has 0 spiro atoms. The van der Waals surface area contributed by atoms with E-state index in [0.717, 1.165) is 6.61 Å². The summed E-state index contributed by atoms with van der Waals surface area (Å²) in [6.07, 6.45) is 2.42. The van der Waals surface area contributed by atoms with E-state index in [2.05, 4.69) is 26.0 Å². The minimum atomic E-state index is 0.913. The van der Waals surface area contributed by atoms with Crippen molar-refractivity contribution in [2.24, 2.45) is 0 Å². The summed E-state index contributed by atoms with van der Waals surface area (Å²) < 4.78 is 4.78. The van der Waals surface area contributed by atoms with Crippen LogP contribution in [0.5, 0.6) is 0 Å². The van der Waals surface area contributed by atoms with Crippen LogP contribution >= 0.6 is 0 Å². The van der Waals surface area contributed by atoms with Gasteiger partial charge in [-0.05, 0) is 13.3 Å². The number of ether oxygens (including phenoxy) is 1. The average molecular weight is 180 g/mol. The van der Waals surface area contributed by atoms with Crippen molar-refractivity contribution < 1.29 is 4.74 Å². The number of hydrogen-bond donors (Lipinski definition) is 0. The fourth-order valence-electron chi connectivity index (χ4n) is 0.823. The number of aryl methyl sites for hydroxylation is 1. The molecule has 0 N–H and O–H groups in total.